The molecule has 0 bridgehead atoms. The summed E-state index contributed by atoms with van der Waals surface area (Å²) >= 11 is 0. The number of hydrogen-bond acceptors (Lipinski definition) is 3. The lowest BCUT2D eigenvalue weighted by Gasteiger charge is -2.25. The van der Waals surface area contributed by atoms with E-state index < -0.39 is 11.6 Å². The summed E-state index contributed by atoms with van der Waals surface area (Å²) in [5.74, 6) is -2.04. The molecule has 1 unspecified atom stereocenters. The quantitative estimate of drug-likeness (QED) is 0.678. The first kappa shape index (κ1) is 17.4. The van der Waals surface area contributed by atoms with Crippen LogP contribution >= 0.6 is 0 Å². The fourth-order valence-electron chi connectivity index (χ4n) is 2.92. The van der Waals surface area contributed by atoms with Gasteiger partial charge in [-0.3, -0.25) is 9.47 Å². The predicted molar refractivity (Wildman–Crippen MR) is 92.5 cm³/mol. The van der Waals surface area contributed by atoms with Gasteiger partial charge in [-0.1, -0.05) is 18.2 Å². The Bertz CT molecular complexity index is 933. The predicted octanol–water partition coefficient (Wildman–Crippen LogP) is 3.96. The van der Waals surface area contributed by atoms with Gasteiger partial charge in [-0.2, -0.15) is 0 Å². The van der Waals surface area contributed by atoms with Crippen LogP contribution < -0.4 is 5.76 Å². The molecule has 0 spiro atoms. The molecular formula is C19H20F2N2O2. The van der Waals surface area contributed by atoms with Gasteiger partial charge >= 0.3 is 5.76 Å². The summed E-state index contributed by atoms with van der Waals surface area (Å²) in [5, 5.41) is 0. The summed E-state index contributed by atoms with van der Waals surface area (Å²) in [5.41, 5.74) is 2.08. The van der Waals surface area contributed by atoms with Crippen LogP contribution in [0.15, 0.2) is 51.7 Å². The third-order valence-corrected chi connectivity index (χ3v) is 4.55. The van der Waals surface area contributed by atoms with Crippen LogP contribution in [0.4, 0.5) is 8.78 Å². The van der Waals surface area contributed by atoms with Gasteiger partial charge < -0.3 is 4.42 Å². The molecule has 0 saturated heterocycles. The Morgan fingerprint density at radius 2 is 1.92 bits per heavy atom. The SMILES string of the molecule is CC(c1ccc(F)c(F)c1)N(C)CCCn1c(=O)oc2ccccc21. The summed E-state index contributed by atoms with van der Waals surface area (Å²) in [6.45, 7) is 3.17. The van der Waals surface area contributed by atoms with Crippen molar-refractivity contribution in [2.45, 2.75) is 25.9 Å². The van der Waals surface area contributed by atoms with Gasteiger partial charge in [-0.05, 0) is 50.2 Å². The number of oxazole rings is 1. The van der Waals surface area contributed by atoms with Crippen molar-refractivity contribution in [1.29, 1.82) is 0 Å². The van der Waals surface area contributed by atoms with Crippen LogP contribution in [-0.2, 0) is 6.54 Å². The van der Waals surface area contributed by atoms with Crippen LogP contribution in [-0.4, -0.2) is 23.1 Å². The van der Waals surface area contributed by atoms with Crippen molar-refractivity contribution in [1.82, 2.24) is 9.47 Å². The average molecular weight is 346 g/mol. The number of hydrogen-bond donors (Lipinski definition) is 0. The molecule has 0 N–H and O–H groups in total. The monoisotopic (exact) mass is 346 g/mol. The van der Waals surface area contributed by atoms with Crippen LogP contribution in [0.25, 0.3) is 11.1 Å². The van der Waals surface area contributed by atoms with E-state index in [0.717, 1.165) is 18.0 Å². The minimum atomic E-state index is -0.843. The molecule has 0 saturated carbocycles. The average Bonchev–Trinajstić information content (AvgIpc) is 2.92. The van der Waals surface area contributed by atoms with E-state index in [1.165, 1.54) is 6.07 Å². The maximum absolute atomic E-state index is 13.4. The maximum atomic E-state index is 13.4. The molecule has 6 heteroatoms. The Morgan fingerprint density at radius 3 is 2.68 bits per heavy atom. The minimum absolute atomic E-state index is 0.0621. The van der Waals surface area contributed by atoms with Crippen molar-refractivity contribution in [3.8, 4) is 0 Å². The highest BCUT2D eigenvalue weighted by Crippen LogP contribution is 2.21. The van der Waals surface area contributed by atoms with Gasteiger partial charge in [-0.25, -0.2) is 13.6 Å². The number of nitrogens with zero attached hydrogens (tertiary/aromatic N) is 2. The van der Waals surface area contributed by atoms with Crippen LogP contribution in [0.1, 0.15) is 24.9 Å². The fraction of sp³-hybridized carbons (Fsp3) is 0.316. The zero-order valence-corrected chi connectivity index (χ0v) is 14.2. The minimum Gasteiger partial charge on any atom is -0.408 e. The fourth-order valence-corrected chi connectivity index (χ4v) is 2.92. The number of para-hydroxylation sites is 2. The normalized spacial score (nSPS) is 12.8. The first-order valence-corrected chi connectivity index (χ1v) is 8.21. The number of aryl methyl sites for hydroxylation is 1. The van der Waals surface area contributed by atoms with Crippen molar-refractivity contribution in [2.24, 2.45) is 0 Å². The lowest BCUT2D eigenvalue weighted by Crippen LogP contribution is -2.25. The first-order valence-electron chi connectivity index (χ1n) is 8.21. The molecule has 2 aromatic carbocycles. The second kappa shape index (κ2) is 7.19. The molecule has 1 aromatic heterocycles. The van der Waals surface area contributed by atoms with E-state index in [-0.39, 0.29) is 11.8 Å². The molecule has 132 valence electrons. The van der Waals surface area contributed by atoms with Gasteiger partial charge in [0.2, 0.25) is 0 Å². The molecular weight excluding hydrogens is 326 g/mol. The van der Waals surface area contributed by atoms with Gasteiger partial charge in [0, 0.05) is 19.1 Å². The molecule has 0 aliphatic heterocycles. The summed E-state index contributed by atoms with van der Waals surface area (Å²) in [7, 11) is 1.92. The topological polar surface area (TPSA) is 38.4 Å². The molecule has 3 rings (SSSR count). The van der Waals surface area contributed by atoms with Gasteiger partial charge in [0.25, 0.3) is 0 Å². The van der Waals surface area contributed by atoms with Crippen LogP contribution in [0.2, 0.25) is 0 Å². The smallest absolute Gasteiger partial charge is 0.408 e. The molecule has 0 aliphatic carbocycles. The van der Waals surface area contributed by atoms with Crippen LogP contribution in [0.5, 0.6) is 0 Å². The third kappa shape index (κ3) is 3.64. The van der Waals surface area contributed by atoms with E-state index >= 15 is 0 Å². The molecule has 1 heterocycles. The zero-order chi connectivity index (χ0) is 18.0. The highest BCUT2D eigenvalue weighted by Gasteiger charge is 2.14. The van der Waals surface area contributed by atoms with E-state index in [9.17, 15) is 13.6 Å². The van der Waals surface area contributed by atoms with Crippen molar-refractivity contribution < 1.29 is 13.2 Å². The summed E-state index contributed by atoms with van der Waals surface area (Å²) < 4.78 is 33.3. The number of halogens is 2. The van der Waals surface area contributed by atoms with E-state index in [1.807, 2.05) is 37.1 Å². The van der Waals surface area contributed by atoms with E-state index in [2.05, 4.69) is 0 Å². The zero-order valence-electron chi connectivity index (χ0n) is 14.2. The van der Waals surface area contributed by atoms with Gasteiger partial charge in [-0.15, -0.1) is 0 Å². The van der Waals surface area contributed by atoms with Gasteiger partial charge in [0.05, 0.1) is 5.52 Å². The summed E-state index contributed by atoms with van der Waals surface area (Å²) in [6, 6.07) is 11.2. The molecule has 0 aliphatic rings. The first-order chi connectivity index (χ1) is 12.0. The number of rotatable bonds is 6. The highest BCUT2D eigenvalue weighted by molar-refractivity contribution is 5.72. The third-order valence-electron chi connectivity index (χ3n) is 4.55. The second-order valence-electron chi connectivity index (χ2n) is 6.17. The van der Waals surface area contributed by atoms with Gasteiger partial charge in [0.15, 0.2) is 17.2 Å². The number of benzene rings is 2. The lowest BCUT2D eigenvalue weighted by atomic mass is 10.1. The van der Waals surface area contributed by atoms with E-state index in [1.54, 1.807) is 16.7 Å². The standard InChI is InChI=1S/C19H20F2N2O2/c1-13(14-8-9-15(20)16(21)12-14)22(2)10-5-11-23-17-6-3-4-7-18(17)25-19(23)24/h3-4,6-9,12-13H,5,10-11H2,1-2H3. The largest absolute Gasteiger partial charge is 0.419 e. The van der Waals surface area contributed by atoms with Crippen molar-refractivity contribution >= 4 is 11.1 Å². The Morgan fingerprint density at radius 1 is 1.16 bits per heavy atom. The molecule has 0 amide bonds. The van der Waals surface area contributed by atoms with Crippen LogP contribution in [0.3, 0.4) is 0 Å². The molecule has 1 atom stereocenters. The molecule has 4 nitrogen and oxygen atoms in total. The van der Waals surface area contributed by atoms with Gasteiger partial charge in [0.1, 0.15) is 0 Å². The Labute approximate surface area is 144 Å². The summed E-state index contributed by atoms with van der Waals surface area (Å²) in [4.78, 5) is 14.0. The van der Waals surface area contributed by atoms with Crippen molar-refractivity contribution in [3.63, 3.8) is 0 Å². The maximum Gasteiger partial charge on any atom is 0.419 e. The number of aromatic nitrogens is 1. The van der Waals surface area contributed by atoms with E-state index in [0.29, 0.717) is 24.2 Å². The molecule has 25 heavy (non-hydrogen) atoms. The van der Waals surface area contributed by atoms with E-state index in [4.69, 9.17) is 4.42 Å². The molecule has 0 radical (unpaired) electrons. The van der Waals surface area contributed by atoms with Crippen molar-refractivity contribution in [3.05, 3.63) is 70.2 Å². The molecule has 3 aromatic rings. The van der Waals surface area contributed by atoms with Crippen LogP contribution in [0, 0.1) is 11.6 Å². The Balaban J connectivity index is 1.63. The molecule has 0 fully saturated rings. The summed E-state index contributed by atoms with van der Waals surface area (Å²) in [6.07, 6.45) is 0.730. The van der Waals surface area contributed by atoms with Crippen molar-refractivity contribution in [2.75, 3.05) is 13.6 Å². The Kier molecular flexibility index (Phi) is 4.99. The highest BCUT2D eigenvalue weighted by atomic mass is 19.2. The second-order valence-corrected chi connectivity index (χ2v) is 6.17. The number of fused-ring (bicyclic) bond motifs is 1. The lowest BCUT2D eigenvalue weighted by molar-refractivity contribution is 0.252. The Hall–Kier alpha value is -2.47.